The van der Waals surface area contributed by atoms with Crippen molar-refractivity contribution in [2.24, 2.45) is 0 Å². The van der Waals surface area contributed by atoms with Crippen molar-refractivity contribution in [2.45, 2.75) is 26.4 Å². The number of aryl methyl sites for hydroxylation is 1. The monoisotopic (exact) mass is 213 g/mol. The normalized spacial score (nSPS) is 12.6. The molecule has 0 saturated carbocycles. The summed E-state index contributed by atoms with van der Waals surface area (Å²) in [6.45, 7) is 4.48. The molecule has 1 rings (SSSR count). The third-order valence-corrected chi connectivity index (χ3v) is 2.59. The minimum Gasteiger partial charge on any atom is -0.391 e. The molecule has 0 aliphatic carbocycles. The van der Waals surface area contributed by atoms with Gasteiger partial charge in [0.05, 0.1) is 6.10 Å². The number of hydrogen-bond acceptors (Lipinski definition) is 2. The molecule has 0 amide bonds. The number of hydrogen-bond donors (Lipinski definition) is 2. The standard InChI is InChI=1S/C11H16ClNO/c1-3-10(14)7-13-9-5-4-8(2)11(12)6-9/h4-6,10,13-14H,3,7H2,1-2H3/t10-/m0/s1. The van der Waals surface area contributed by atoms with Crippen LogP contribution in [0.5, 0.6) is 0 Å². The van der Waals surface area contributed by atoms with Crippen LogP contribution in [0, 0.1) is 6.92 Å². The van der Waals surface area contributed by atoms with Crippen molar-refractivity contribution in [2.75, 3.05) is 11.9 Å². The van der Waals surface area contributed by atoms with E-state index in [4.69, 9.17) is 11.6 Å². The molecule has 0 heterocycles. The molecule has 0 radical (unpaired) electrons. The fourth-order valence-electron chi connectivity index (χ4n) is 1.08. The Labute approximate surface area is 89.9 Å². The molecule has 1 atom stereocenters. The van der Waals surface area contributed by atoms with E-state index >= 15 is 0 Å². The van der Waals surface area contributed by atoms with Gasteiger partial charge in [-0.25, -0.2) is 0 Å². The highest BCUT2D eigenvalue weighted by atomic mass is 35.5. The highest BCUT2D eigenvalue weighted by Crippen LogP contribution is 2.19. The average Bonchev–Trinajstić information content (AvgIpc) is 2.19. The van der Waals surface area contributed by atoms with E-state index in [9.17, 15) is 5.11 Å². The van der Waals surface area contributed by atoms with E-state index in [0.717, 1.165) is 22.7 Å². The zero-order chi connectivity index (χ0) is 10.6. The molecule has 0 saturated heterocycles. The molecule has 2 N–H and O–H groups in total. The quantitative estimate of drug-likeness (QED) is 0.806. The highest BCUT2D eigenvalue weighted by Gasteiger charge is 2.01. The lowest BCUT2D eigenvalue weighted by molar-refractivity contribution is 0.183. The van der Waals surface area contributed by atoms with Gasteiger partial charge in [0, 0.05) is 17.3 Å². The van der Waals surface area contributed by atoms with Gasteiger partial charge in [-0.15, -0.1) is 0 Å². The van der Waals surface area contributed by atoms with Crippen LogP contribution in [0.1, 0.15) is 18.9 Å². The first-order valence-electron chi connectivity index (χ1n) is 4.81. The third kappa shape index (κ3) is 3.20. The number of aliphatic hydroxyl groups is 1. The van der Waals surface area contributed by atoms with Crippen LogP contribution >= 0.6 is 11.6 Å². The van der Waals surface area contributed by atoms with Crippen LogP contribution in [0.3, 0.4) is 0 Å². The molecule has 1 aromatic carbocycles. The van der Waals surface area contributed by atoms with Gasteiger partial charge in [0.25, 0.3) is 0 Å². The summed E-state index contributed by atoms with van der Waals surface area (Å²) in [5, 5.41) is 13.2. The first kappa shape index (κ1) is 11.3. The summed E-state index contributed by atoms with van der Waals surface area (Å²) in [7, 11) is 0. The number of benzene rings is 1. The molecule has 14 heavy (non-hydrogen) atoms. The predicted octanol–water partition coefficient (Wildman–Crippen LogP) is 2.83. The Hall–Kier alpha value is -0.730. The molecule has 0 fully saturated rings. The number of halogens is 1. The van der Waals surface area contributed by atoms with Crippen molar-refractivity contribution >= 4 is 17.3 Å². The van der Waals surface area contributed by atoms with Crippen LogP contribution in [-0.4, -0.2) is 17.8 Å². The Morgan fingerprint density at radius 2 is 2.21 bits per heavy atom. The summed E-state index contributed by atoms with van der Waals surface area (Å²) in [5.41, 5.74) is 2.02. The fourth-order valence-corrected chi connectivity index (χ4v) is 1.26. The van der Waals surface area contributed by atoms with Gasteiger partial charge < -0.3 is 10.4 Å². The van der Waals surface area contributed by atoms with Crippen LogP contribution in [0.15, 0.2) is 18.2 Å². The SMILES string of the molecule is CC[C@H](O)CNc1ccc(C)c(Cl)c1. The zero-order valence-electron chi connectivity index (χ0n) is 8.55. The summed E-state index contributed by atoms with van der Waals surface area (Å²) in [5.74, 6) is 0. The second kappa shape index (κ2) is 5.23. The topological polar surface area (TPSA) is 32.3 Å². The molecule has 3 heteroatoms. The van der Waals surface area contributed by atoms with Crippen LogP contribution in [0.25, 0.3) is 0 Å². The lowest BCUT2D eigenvalue weighted by Crippen LogP contribution is -2.18. The van der Waals surface area contributed by atoms with Gasteiger partial charge in [0.15, 0.2) is 0 Å². The molecule has 0 unspecified atom stereocenters. The Balaban J connectivity index is 2.55. The Kier molecular flexibility index (Phi) is 4.23. The molecule has 2 nitrogen and oxygen atoms in total. The van der Waals surface area contributed by atoms with Crippen molar-refractivity contribution in [1.29, 1.82) is 0 Å². The van der Waals surface area contributed by atoms with Crippen molar-refractivity contribution in [1.82, 2.24) is 0 Å². The summed E-state index contributed by atoms with van der Waals surface area (Å²) < 4.78 is 0. The highest BCUT2D eigenvalue weighted by molar-refractivity contribution is 6.31. The van der Waals surface area contributed by atoms with E-state index in [-0.39, 0.29) is 6.10 Å². The second-order valence-electron chi connectivity index (χ2n) is 3.41. The van der Waals surface area contributed by atoms with Crippen LogP contribution in [0.2, 0.25) is 5.02 Å². The van der Waals surface area contributed by atoms with E-state index in [1.54, 1.807) is 0 Å². The number of rotatable bonds is 4. The zero-order valence-corrected chi connectivity index (χ0v) is 9.30. The second-order valence-corrected chi connectivity index (χ2v) is 3.81. The molecule has 0 bridgehead atoms. The minimum absolute atomic E-state index is 0.296. The van der Waals surface area contributed by atoms with Gasteiger partial charge in [-0.1, -0.05) is 24.6 Å². The molecule has 0 aliphatic rings. The van der Waals surface area contributed by atoms with E-state index < -0.39 is 0 Å². The number of nitrogens with one attached hydrogen (secondary N) is 1. The molecule has 78 valence electrons. The van der Waals surface area contributed by atoms with Crippen molar-refractivity contribution in [3.05, 3.63) is 28.8 Å². The van der Waals surface area contributed by atoms with Gasteiger partial charge >= 0.3 is 0 Å². The smallest absolute Gasteiger partial charge is 0.0709 e. The summed E-state index contributed by atoms with van der Waals surface area (Å²) in [6, 6.07) is 5.80. The molecular weight excluding hydrogens is 198 g/mol. The summed E-state index contributed by atoms with van der Waals surface area (Å²) in [6.07, 6.45) is 0.460. The van der Waals surface area contributed by atoms with Gasteiger partial charge in [0.1, 0.15) is 0 Å². The Morgan fingerprint density at radius 3 is 2.79 bits per heavy atom. The molecule has 1 aromatic rings. The Bertz CT molecular complexity index is 301. The number of anilines is 1. The minimum atomic E-state index is -0.296. The van der Waals surface area contributed by atoms with E-state index in [2.05, 4.69) is 5.32 Å². The van der Waals surface area contributed by atoms with Gasteiger partial charge in [-0.05, 0) is 31.0 Å². The molecule has 0 aromatic heterocycles. The lowest BCUT2D eigenvalue weighted by atomic mass is 10.2. The maximum Gasteiger partial charge on any atom is 0.0709 e. The maximum absolute atomic E-state index is 9.35. The van der Waals surface area contributed by atoms with Gasteiger partial charge in [-0.3, -0.25) is 0 Å². The first-order valence-corrected chi connectivity index (χ1v) is 5.19. The largest absolute Gasteiger partial charge is 0.391 e. The predicted molar refractivity (Wildman–Crippen MR) is 61.0 cm³/mol. The van der Waals surface area contributed by atoms with E-state index in [1.165, 1.54) is 0 Å². The number of aliphatic hydroxyl groups excluding tert-OH is 1. The van der Waals surface area contributed by atoms with Gasteiger partial charge in [-0.2, -0.15) is 0 Å². The fraction of sp³-hybridized carbons (Fsp3) is 0.455. The van der Waals surface area contributed by atoms with Crippen molar-refractivity contribution in [3.63, 3.8) is 0 Å². The van der Waals surface area contributed by atoms with Crippen molar-refractivity contribution in [3.8, 4) is 0 Å². The molecule has 0 spiro atoms. The molecule has 0 aliphatic heterocycles. The van der Waals surface area contributed by atoms with E-state index in [1.807, 2.05) is 32.0 Å². The average molecular weight is 214 g/mol. The van der Waals surface area contributed by atoms with Crippen LogP contribution in [0.4, 0.5) is 5.69 Å². The van der Waals surface area contributed by atoms with Crippen molar-refractivity contribution < 1.29 is 5.11 Å². The van der Waals surface area contributed by atoms with Gasteiger partial charge in [0.2, 0.25) is 0 Å². The molecular formula is C11H16ClNO. The maximum atomic E-state index is 9.35. The first-order chi connectivity index (χ1) is 6.63. The van der Waals surface area contributed by atoms with Crippen LogP contribution in [-0.2, 0) is 0 Å². The summed E-state index contributed by atoms with van der Waals surface area (Å²) in [4.78, 5) is 0. The lowest BCUT2D eigenvalue weighted by Gasteiger charge is -2.11. The summed E-state index contributed by atoms with van der Waals surface area (Å²) >= 11 is 5.96. The Morgan fingerprint density at radius 1 is 1.50 bits per heavy atom. The van der Waals surface area contributed by atoms with E-state index in [0.29, 0.717) is 6.54 Å². The van der Waals surface area contributed by atoms with Crippen LogP contribution < -0.4 is 5.32 Å². The third-order valence-electron chi connectivity index (χ3n) is 2.18.